The fourth-order valence-corrected chi connectivity index (χ4v) is 5.67. The van der Waals surface area contributed by atoms with Gasteiger partial charge < -0.3 is 4.74 Å². The van der Waals surface area contributed by atoms with Crippen LogP contribution in [-0.4, -0.2) is 6.10 Å². The summed E-state index contributed by atoms with van der Waals surface area (Å²) in [7, 11) is 0. The van der Waals surface area contributed by atoms with E-state index < -0.39 is 29.2 Å². The molecule has 7 heteroatoms. The van der Waals surface area contributed by atoms with E-state index in [1.54, 1.807) is 6.07 Å². The quantitative estimate of drug-likeness (QED) is 0.287. The van der Waals surface area contributed by atoms with Gasteiger partial charge in [0.2, 0.25) is 0 Å². The SMILES string of the molecule is C=CC1CCC(C2CCC(OCc3ccc(-c4cc(F)c(C(F)(F)F)c(F)c4)c(F)c3)CC2)CC1. The molecular weight excluding hydrogens is 466 g/mol. The topological polar surface area (TPSA) is 9.23 Å². The number of rotatable bonds is 6. The maximum atomic E-state index is 14.7. The molecule has 2 aromatic carbocycles. The molecule has 35 heavy (non-hydrogen) atoms. The summed E-state index contributed by atoms with van der Waals surface area (Å²) in [5.41, 5.74) is -1.89. The molecule has 2 aliphatic carbocycles. The number of allylic oxidation sites excluding steroid dienone is 1. The van der Waals surface area contributed by atoms with Gasteiger partial charge in [-0.1, -0.05) is 18.2 Å². The van der Waals surface area contributed by atoms with Crippen LogP contribution in [0.25, 0.3) is 11.1 Å². The zero-order valence-corrected chi connectivity index (χ0v) is 19.5. The lowest BCUT2D eigenvalue weighted by molar-refractivity contribution is -0.142. The lowest BCUT2D eigenvalue weighted by atomic mass is 9.70. The van der Waals surface area contributed by atoms with Gasteiger partial charge in [0.25, 0.3) is 0 Å². The molecule has 0 saturated heterocycles. The van der Waals surface area contributed by atoms with Crippen LogP contribution in [0, 0.1) is 35.2 Å². The number of alkyl halides is 3. The van der Waals surface area contributed by atoms with Crippen molar-refractivity contribution in [3.8, 4) is 11.1 Å². The van der Waals surface area contributed by atoms with Crippen molar-refractivity contribution in [2.45, 2.75) is 70.3 Å². The molecule has 2 aliphatic rings. The van der Waals surface area contributed by atoms with E-state index in [2.05, 4.69) is 12.7 Å². The minimum atomic E-state index is -5.17. The highest BCUT2D eigenvalue weighted by atomic mass is 19.4. The monoisotopic (exact) mass is 496 g/mol. The maximum absolute atomic E-state index is 14.7. The molecule has 0 heterocycles. The molecule has 2 saturated carbocycles. The van der Waals surface area contributed by atoms with Crippen molar-refractivity contribution >= 4 is 0 Å². The molecule has 0 atom stereocenters. The molecule has 0 bridgehead atoms. The Morgan fingerprint density at radius 2 is 1.37 bits per heavy atom. The Hall–Kier alpha value is -2.28. The third-order valence-electron chi connectivity index (χ3n) is 7.69. The Balaban J connectivity index is 1.32. The van der Waals surface area contributed by atoms with Crippen molar-refractivity contribution in [3.05, 3.63) is 71.6 Å². The first-order valence-corrected chi connectivity index (χ1v) is 12.2. The second kappa shape index (κ2) is 10.8. The Morgan fingerprint density at radius 1 is 0.800 bits per heavy atom. The third kappa shape index (κ3) is 6.11. The van der Waals surface area contributed by atoms with Crippen molar-refractivity contribution in [2.75, 3.05) is 0 Å². The molecule has 0 spiro atoms. The summed E-state index contributed by atoms with van der Waals surface area (Å²) in [6.07, 6.45) is 6.22. The predicted molar refractivity (Wildman–Crippen MR) is 123 cm³/mol. The molecule has 0 aromatic heterocycles. The van der Waals surface area contributed by atoms with Crippen molar-refractivity contribution in [2.24, 2.45) is 17.8 Å². The van der Waals surface area contributed by atoms with Crippen LogP contribution < -0.4 is 0 Å². The van der Waals surface area contributed by atoms with E-state index in [4.69, 9.17) is 4.74 Å². The van der Waals surface area contributed by atoms with E-state index in [-0.39, 0.29) is 23.8 Å². The van der Waals surface area contributed by atoms with Crippen LogP contribution in [0.5, 0.6) is 0 Å². The van der Waals surface area contributed by atoms with Crippen LogP contribution in [0.15, 0.2) is 43.0 Å². The van der Waals surface area contributed by atoms with E-state index in [9.17, 15) is 26.3 Å². The second-order valence-electron chi connectivity index (χ2n) is 9.89. The Bertz CT molecular complexity index is 1010. The maximum Gasteiger partial charge on any atom is 0.422 e. The summed E-state index contributed by atoms with van der Waals surface area (Å²) in [6, 6.07) is 5.08. The summed E-state index contributed by atoms with van der Waals surface area (Å²) in [5.74, 6) is -2.14. The van der Waals surface area contributed by atoms with Gasteiger partial charge in [0, 0.05) is 5.56 Å². The summed E-state index contributed by atoms with van der Waals surface area (Å²) >= 11 is 0. The van der Waals surface area contributed by atoms with Crippen LogP contribution in [-0.2, 0) is 17.5 Å². The average Bonchev–Trinajstić information content (AvgIpc) is 2.82. The van der Waals surface area contributed by atoms with Gasteiger partial charge in [-0.05, 0) is 98.4 Å². The summed E-state index contributed by atoms with van der Waals surface area (Å²) in [6.45, 7) is 4.11. The zero-order chi connectivity index (χ0) is 25.2. The zero-order valence-electron chi connectivity index (χ0n) is 19.5. The molecule has 0 radical (unpaired) electrons. The number of hydrogen-bond acceptors (Lipinski definition) is 1. The molecule has 0 amide bonds. The standard InChI is InChI=1S/C28H30F6O/c1-2-17-3-6-19(7-4-17)20-8-10-22(11-9-20)35-16-18-5-12-23(24(29)13-18)21-14-25(30)27(26(31)15-21)28(32,33)34/h2,5,12-15,17,19-20,22H,1,3-4,6-11,16H2. The normalized spacial score (nSPS) is 25.4. The summed E-state index contributed by atoms with van der Waals surface area (Å²) in [5, 5.41) is 0. The molecule has 0 unspecified atom stereocenters. The van der Waals surface area contributed by atoms with E-state index in [1.165, 1.54) is 37.8 Å². The van der Waals surface area contributed by atoms with Gasteiger partial charge >= 0.3 is 6.18 Å². The third-order valence-corrected chi connectivity index (χ3v) is 7.69. The first-order chi connectivity index (χ1) is 16.7. The van der Waals surface area contributed by atoms with Crippen LogP contribution >= 0.6 is 0 Å². The minimum Gasteiger partial charge on any atom is -0.374 e. The second-order valence-corrected chi connectivity index (χ2v) is 9.89. The van der Waals surface area contributed by atoms with Crippen LogP contribution in [0.4, 0.5) is 26.3 Å². The molecule has 190 valence electrons. The van der Waals surface area contributed by atoms with Gasteiger partial charge in [-0.2, -0.15) is 13.2 Å². The average molecular weight is 497 g/mol. The lowest BCUT2D eigenvalue weighted by Gasteiger charge is -2.37. The van der Waals surface area contributed by atoms with Crippen LogP contribution in [0.2, 0.25) is 0 Å². The molecule has 4 rings (SSSR count). The van der Waals surface area contributed by atoms with Crippen molar-refractivity contribution in [1.82, 2.24) is 0 Å². The molecular formula is C28H30F6O. The van der Waals surface area contributed by atoms with Crippen molar-refractivity contribution in [1.29, 1.82) is 0 Å². The highest BCUT2D eigenvalue weighted by Gasteiger charge is 2.38. The van der Waals surface area contributed by atoms with Gasteiger partial charge in [0.05, 0.1) is 12.7 Å². The largest absolute Gasteiger partial charge is 0.422 e. The van der Waals surface area contributed by atoms with Crippen molar-refractivity contribution in [3.63, 3.8) is 0 Å². The number of ether oxygens (including phenoxy) is 1. The summed E-state index contributed by atoms with van der Waals surface area (Å²) in [4.78, 5) is 0. The number of benzene rings is 2. The van der Waals surface area contributed by atoms with Gasteiger partial charge in [0.1, 0.15) is 23.0 Å². The highest BCUT2D eigenvalue weighted by molar-refractivity contribution is 5.65. The highest BCUT2D eigenvalue weighted by Crippen LogP contribution is 2.41. The number of hydrogen-bond donors (Lipinski definition) is 0. The van der Waals surface area contributed by atoms with Crippen molar-refractivity contribution < 1.29 is 31.1 Å². The number of halogens is 6. The first kappa shape index (κ1) is 25.8. The van der Waals surface area contributed by atoms with E-state index in [0.29, 0.717) is 23.6 Å². The first-order valence-electron chi connectivity index (χ1n) is 12.2. The fourth-order valence-electron chi connectivity index (χ4n) is 5.67. The molecule has 1 nitrogen and oxygen atoms in total. The molecule has 2 aromatic rings. The molecule has 0 aliphatic heterocycles. The van der Waals surface area contributed by atoms with Gasteiger partial charge in [-0.25, -0.2) is 13.2 Å². The lowest BCUT2D eigenvalue weighted by Crippen LogP contribution is -2.28. The molecule has 2 fully saturated rings. The van der Waals surface area contributed by atoms with Crippen LogP contribution in [0.1, 0.15) is 62.5 Å². The predicted octanol–water partition coefficient (Wildman–Crippen LogP) is 8.86. The van der Waals surface area contributed by atoms with Gasteiger partial charge in [-0.15, -0.1) is 6.58 Å². The minimum absolute atomic E-state index is 0.108. The fraction of sp³-hybridized carbons (Fsp3) is 0.500. The Morgan fingerprint density at radius 3 is 1.89 bits per heavy atom. The van der Waals surface area contributed by atoms with Gasteiger partial charge in [0.15, 0.2) is 0 Å². The van der Waals surface area contributed by atoms with Crippen LogP contribution in [0.3, 0.4) is 0 Å². The van der Waals surface area contributed by atoms with Gasteiger partial charge in [-0.3, -0.25) is 0 Å². The summed E-state index contributed by atoms with van der Waals surface area (Å²) < 4.78 is 86.9. The van der Waals surface area contributed by atoms with E-state index in [1.807, 2.05) is 0 Å². The smallest absolute Gasteiger partial charge is 0.374 e. The molecule has 0 N–H and O–H groups in total. The Kier molecular flexibility index (Phi) is 7.94. The van der Waals surface area contributed by atoms with E-state index >= 15 is 0 Å². The Labute approximate surface area is 202 Å². The van der Waals surface area contributed by atoms with E-state index in [0.717, 1.165) is 37.5 Å².